The average molecular weight is 677 g/mol. The minimum atomic E-state index is -4.36. The van der Waals surface area contributed by atoms with E-state index in [2.05, 4.69) is 25.6 Å². The van der Waals surface area contributed by atoms with E-state index in [4.69, 9.17) is 11.6 Å². The molecule has 2 aliphatic heterocycles. The summed E-state index contributed by atoms with van der Waals surface area (Å²) in [7, 11) is -2.91. The summed E-state index contributed by atoms with van der Waals surface area (Å²) < 4.78 is 31.4. The number of benzene rings is 2. The minimum absolute atomic E-state index is 0.0907. The summed E-state index contributed by atoms with van der Waals surface area (Å²) in [5, 5.41) is 5.15. The Balaban J connectivity index is 1.41. The summed E-state index contributed by atoms with van der Waals surface area (Å²) in [6, 6.07) is 11.7. The summed E-state index contributed by atoms with van der Waals surface area (Å²) in [4.78, 5) is 53.3. The molecular formula is C32H33ClN8O5S. The number of nitrogens with one attached hydrogen (secondary N) is 2. The molecular weight excluding hydrogens is 644 g/mol. The number of rotatable bonds is 9. The predicted octanol–water partition coefficient (Wildman–Crippen LogP) is 2.95. The van der Waals surface area contributed by atoms with Gasteiger partial charge < -0.3 is 10.6 Å². The van der Waals surface area contributed by atoms with E-state index in [9.17, 15) is 22.8 Å². The summed E-state index contributed by atoms with van der Waals surface area (Å²) in [5.41, 5.74) is 2.32. The van der Waals surface area contributed by atoms with Crippen LogP contribution in [0.2, 0.25) is 5.02 Å². The van der Waals surface area contributed by atoms with E-state index in [0.29, 0.717) is 17.1 Å². The highest BCUT2D eigenvalue weighted by Gasteiger charge is 2.53. The third kappa shape index (κ3) is 5.88. The maximum atomic E-state index is 14.5. The third-order valence-electron chi connectivity index (χ3n) is 8.53. The van der Waals surface area contributed by atoms with Gasteiger partial charge in [-0.05, 0) is 61.6 Å². The van der Waals surface area contributed by atoms with Crippen molar-refractivity contribution in [3.63, 3.8) is 0 Å². The molecule has 2 aromatic carbocycles. The van der Waals surface area contributed by atoms with Crippen LogP contribution in [0.15, 0.2) is 72.4 Å². The molecule has 0 spiro atoms. The first-order valence-electron chi connectivity index (χ1n) is 15.0. The summed E-state index contributed by atoms with van der Waals surface area (Å²) in [6.07, 6.45) is 6.95. The number of nitrogens with zero attached hydrogens (tertiary/aromatic N) is 6. The molecule has 2 atom stereocenters. The van der Waals surface area contributed by atoms with E-state index >= 15 is 0 Å². The molecule has 4 aromatic rings. The van der Waals surface area contributed by atoms with Crippen molar-refractivity contribution in [1.82, 2.24) is 34.5 Å². The molecule has 2 aromatic heterocycles. The second-order valence-electron chi connectivity index (χ2n) is 11.8. The van der Waals surface area contributed by atoms with E-state index in [1.54, 1.807) is 37.5 Å². The number of carbonyl (C=O) groups excluding carboxylic acids is 3. The van der Waals surface area contributed by atoms with Crippen molar-refractivity contribution in [2.24, 2.45) is 0 Å². The lowest BCUT2D eigenvalue weighted by molar-refractivity contribution is -0.127. The van der Waals surface area contributed by atoms with E-state index in [0.717, 1.165) is 26.6 Å². The van der Waals surface area contributed by atoms with E-state index < -0.39 is 33.4 Å². The Morgan fingerprint density at radius 2 is 1.79 bits per heavy atom. The second kappa shape index (κ2) is 12.5. The summed E-state index contributed by atoms with van der Waals surface area (Å²) in [5.74, 6) is -1.25. The Kier molecular flexibility index (Phi) is 8.59. The van der Waals surface area contributed by atoms with Crippen molar-refractivity contribution in [1.29, 1.82) is 0 Å². The van der Waals surface area contributed by atoms with Crippen LogP contribution in [0.4, 0.5) is 11.6 Å². The molecule has 47 heavy (non-hydrogen) atoms. The van der Waals surface area contributed by atoms with Crippen LogP contribution in [0.25, 0.3) is 11.1 Å². The van der Waals surface area contributed by atoms with Gasteiger partial charge in [-0.15, -0.1) is 0 Å². The van der Waals surface area contributed by atoms with Gasteiger partial charge in [0.05, 0.1) is 18.4 Å². The molecule has 0 saturated carbocycles. The Bertz CT molecular complexity index is 1950. The second-order valence-corrected chi connectivity index (χ2v) is 14.1. The standard InChI is InChI=1S/C32H33ClN8O5S/c1-20-11-24(33)13-25(12-20)40-30(44)32(2,14-21-6-8-22(9-7-21)23-15-35-19-36-16-23)41-28(18-38-31(40)41)47(45,46)39-10-4-5-26(39)29(43)37-17-27(42)34-3/h6-9,11-13,15-16,18-19,26H,4-5,10,14,17H2,1-3H3,(H,34,42)(H,37,43)/t26-,32+/m0/s1. The maximum absolute atomic E-state index is 14.5. The van der Waals surface area contributed by atoms with Crippen LogP contribution >= 0.6 is 11.6 Å². The van der Waals surface area contributed by atoms with Crippen LogP contribution in [-0.2, 0) is 36.4 Å². The normalized spacial score (nSPS) is 19.5. The first kappa shape index (κ1) is 32.3. The highest BCUT2D eigenvalue weighted by atomic mass is 35.5. The van der Waals surface area contributed by atoms with E-state index in [1.807, 2.05) is 31.2 Å². The van der Waals surface area contributed by atoms with Gasteiger partial charge in [-0.25, -0.2) is 28.3 Å². The topological polar surface area (TPSA) is 159 Å². The van der Waals surface area contributed by atoms with Crippen LogP contribution in [-0.4, -0.2) is 76.1 Å². The van der Waals surface area contributed by atoms with Crippen LogP contribution in [0, 0.1) is 6.92 Å². The lowest BCUT2D eigenvalue weighted by Crippen LogP contribution is -2.49. The zero-order valence-electron chi connectivity index (χ0n) is 26.0. The molecule has 2 N–H and O–H groups in total. The molecule has 0 aliphatic carbocycles. The summed E-state index contributed by atoms with van der Waals surface area (Å²) >= 11 is 6.39. The number of anilines is 2. The molecule has 13 nitrogen and oxygen atoms in total. The van der Waals surface area contributed by atoms with E-state index in [1.165, 1.54) is 29.0 Å². The Labute approximate surface area is 277 Å². The maximum Gasteiger partial charge on any atom is 0.261 e. The van der Waals surface area contributed by atoms with Crippen molar-refractivity contribution >= 4 is 51.0 Å². The van der Waals surface area contributed by atoms with Crippen molar-refractivity contribution < 1.29 is 22.8 Å². The molecule has 1 saturated heterocycles. The summed E-state index contributed by atoms with van der Waals surface area (Å²) in [6.45, 7) is 3.35. The molecule has 0 unspecified atom stereocenters. The molecule has 2 aliphatic rings. The number of imidazole rings is 1. The number of aromatic nitrogens is 4. The molecule has 15 heteroatoms. The highest BCUT2D eigenvalue weighted by Crippen LogP contribution is 2.45. The number of aryl methyl sites for hydroxylation is 1. The molecule has 244 valence electrons. The Morgan fingerprint density at radius 1 is 1.06 bits per heavy atom. The predicted molar refractivity (Wildman–Crippen MR) is 174 cm³/mol. The number of likely N-dealkylation sites (N-methyl/N-ethyl adjacent to an activating group) is 1. The van der Waals surface area contributed by atoms with E-state index in [-0.39, 0.29) is 42.8 Å². The number of hydrogen-bond donors (Lipinski definition) is 2. The van der Waals surface area contributed by atoms with Gasteiger partial charge in [0.1, 0.15) is 17.9 Å². The monoisotopic (exact) mass is 676 g/mol. The minimum Gasteiger partial charge on any atom is -0.358 e. The zero-order valence-corrected chi connectivity index (χ0v) is 27.5. The van der Waals surface area contributed by atoms with Crippen LogP contribution in [0.3, 0.4) is 0 Å². The van der Waals surface area contributed by atoms with Gasteiger partial charge in [-0.2, -0.15) is 4.31 Å². The van der Waals surface area contributed by atoms with Crippen LogP contribution < -0.4 is 15.5 Å². The smallest absolute Gasteiger partial charge is 0.261 e. The van der Waals surface area contributed by atoms with Crippen molar-refractivity contribution in [3.8, 4) is 11.1 Å². The number of sulfonamides is 1. The van der Waals surface area contributed by atoms with Gasteiger partial charge in [-0.1, -0.05) is 35.9 Å². The molecule has 1 fully saturated rings. The number of carbonyl (C=O) groups is 3. The number of hydrogen-bond acceptors (Lipinski definition) is 8. The lowest BCUT2D eigenvalue weighted by Gasteiger charge is -2.29. The van der Waals surface area contributed by atoms with Gasteiger partial charge in [0.25, 0.3) is 15.9 Å². The zero-order chi connectivity index (χ0) is 33.5. The van der Waals surface area contributed by atoms with Crippen molar-refractivity contribution in [2.75, 3.05) is 25.0 Å². The van der Waals surface area contributed by atoms with Gasteiger partial charge in [0, 0.05) is 43.0 Å². The molecule has 6 rings (SSSR count). The van der Waals surface area contributed by atoms with Gasteiger partial charge in [0.15, 0.2) is 5.03 Å². The molecule has 0 bridgehead atoms. The lowest BCUT2D eigenvalue weighted by atomic mass is 9.91. The highest BCUT2D eigenvalue weighted by molar-refractivity contribution is 7.89. The Morgan fingerprint density at radius 3 is 2.47 bits per heavy atom. The largest absolute Gasteiger partial charge is 0.358 e. The molecule has 3 amide bonds. The SMILES string of the molecule is CNC(=O)CNC(=O)[C@@H]1CCCN1S(=O)(=O)c1cnc2n1[C@](C)(Cc1ccc(-c3cncnc3)cc1)C(=O)N2c1cc(C)cc(Cl)c1. The Hall–Kier alpha value is -4.66. The number of amides is 3. The fraction of sp³-hybridized carbons (Fsp3) is 0.312. The fourth-order valence-electron chi connectivity index (χ4n) is 6.24. The van der Waals surface area contributed by atoms with Crippen LogP contribution in [0.1, 0.15) is 30.9 Å². The molecule has 0 radical (unpaired) electrons. The fourth-order valence-corrected chi connectivity index (χ4v) is 8.37. The van der Waals surface area contributed by atoms with Crippen molar-refractivity contribution in [2.45, 2.75) is 49.7 Å². The quantitative estimate of drug-likeness (QED) is 0.274. The molecule has 4 heterocycles. The van der Waals surface area contributed by atoms with Crippen molar-refractivity contribution in [3.05, 3.63) is 83.5 Å². The number of fused-ring (bicyclic) bond motifs is 1. The van der Waals surface area contributed by atoms with Crippen LogP contribution in [0.5, 0.6) is 0 Å². The average Bonchev–Trinajstić information content (AvgIpc) is 3.77. The first-order valence-corrected chi connectivity index (χ1v) is 16.8. The van der Waals surface area contributed by atoms with Gasteiger partial charge in [-0.3, -0.25) is 19.0 Å². The first-order chi connectivity index (χ1) is 22.4. The van der Waals surface area contributed by atoms with Gasteiger partial charge in [0.2, 0.25) is 17.8 Å². The number of halogens is 1. The van der Waals surface area contributed by atoms with Gasteiger partial charge >= 0.3 is 0 Å². The third-order valence-corrected chi connectivity index (χ3v) is 10.6.